The highest BCUT2D eigenvalue weighted by Gasteiger charge is 2.29. The molecule has 0 unspecified atom stereocenters. The molecule has 1 aromatic carbocycles. The molecule has 8 heteroatoms. The van der Waals surface area contributed by atoms with Crippen LogP contribution in [0.5, 0.6) is 0 Å². The summed E-state index contributed by atoms with van der Waals surface area (Å²) in [5.74, 6) is 0.696. The van der Waals surface area contributed by atoms with Crippen LogP contribution in [0.25, 0.3) is 11.4 Å². The van der Waals surface area contributed by atoms with Gasteiger partial charge in [-0.15, -0.1) is 10.2 Å². The molecule has 0 amide bonds. The molecule has 0 bridgehead atoms. The molecular formula is C17H23F3N4S. The molecule has 0 spiro atoms. The standard InChI is InChI=1S/C17H23F3N4S/c1-12(2)25-16-22-21-15(14-8-6-5-7-13(14)3)24(16)10-9-23(4)11-17(18,19)20/h5-8,12H,9-11H2,1-4H3. The molecule has 0 aliphatic carbocycles. The number of alkyl halides is 3. The van der Waals surface area contributed by atoms with Crippen molar-refractivity contribution in [2.75, 3.05) is 20.1 Å². The number of aromatic nitrogens is 3. The lowest BCUT2D eigenvalue weighted by Gasteiger charge is -2.20. The molecule has 0 fully saturated rings. The van der Waals surface area contributed by atoms with E-state index in [1.807, 2.05) is 49.6 Å². The molecule has 0 saturated heterocycles. The monoisotopic (exact) mass is 372 g/mol. The van der Waals surface area contributed by atoms with E-state index in [-0.39, 0.29) is 6.54 Å². The molecule has 2 rings (SSSR count). The summed E-state index contributed by atoms with van der Waals surface area (Å²) in [7, 11) is 1.47. The van der Waals surface area contributed by atoms with E-state index in [9.17, 15) is 13.2 Å². The predicted molar refractivity (Wildman–Crippen MR) is 94.7 cm³/mol. The topological polar surface area (TPSA) is 34.0 Å². The zero-order valence-corrected chi connectivity index (χ0v) is 15.7. The SMILES string of the molecule is Cc1ccccc1-c1nnc(SC(C)C)n1CCN(C)CC(F)(F)F. The van der Waals surface area contributed by atoms with E-state index in [1.165, 1.54) is 11.9 Å². The minimum absolute atomic E-state index is 0.266. The highest BCUT2D eigenvalue weighted by atomic mass is 32.2. The Balaban J connectivity index is 2.27. The molecule has 2 aromatic rings. The molecule has 0 aliphatic heterocycles. The first-order chi connectivity index (χ1) is 11.7. The number of aryl methyl sites for hydroxylation is 1. The number of nitrogens with zero attached hydrogens (tertiary/aromatic N) is 4. The minimum Gasteiger partial charge on any atom is -0.301 e. The van der Waals surface area contributed by atoms with Gasteiger partial charge >= 0.3 is 6.18 Å². The summed E-state index contributed by atoms with van der Waals surface area (Å²) in [5, 5.41) is 9.60. The van der Waals surface area contributed by atoms with E-state index < -0.39 is 12.7 Å². The second kappa shape index (κ2) is 8.23. The van der Waals surface area contributed by atoms with Crippen LogP contribution in [0.4, 0.5) is 13.2 Å². The maximum Gasteiger partial charge on any atom is 0.401 e. The number of hydrogen-bond acceptors (Lipinski definition) is 4. The zero-order valence-electron chi connectivity index (χ0n) is 14.8. The molecule has 0 saturated carbocycles. The summed E-state index contributed by atoms with van der Waals surface area (Å²) < 4.78 is 39.5. The van der Waals surface area contributed by atoms with Crippen LogP contribution in [0.3, 0.4) is 0 Å². The fraction of sp³-hybridized carbons (Fsp3) is 0.529. The van der Waals surface area contributed by atoms with Crippen LogP contribution in [0.15, 0.2) is 29.4 Å². The second-order valence-corrected chi connectivity index (χ2v) is 7.84. The Morgan fingerprint density at radius 3 is 2.48 bits per heavy atom. The lowest BCUT2D eigenvalue weighted by atomic mass is 10.1. The summed E-state index contributed by atoms with van der Waals surface area (Å²) in [6, 6.07) is 7.81. The molecule has 4 nitrogen and oxygen atoms in total. The average molecular weight is 372 g/mol. The zero-order chi connectivity index (χ0) is 18.6. The highest BCUT2D eigenvalue weighted by Crippen LogP contribution is 2.28. The van der Waals surface area contributed by atoms with Gasteiger partial charge in [-0.2, -0.15) is 13.2 Å². The number of benzene rings is 1. The maximum absolute atomic E-state index is 12.5. The van der Waals surface area contributed by atoms with Gasteiger partial charge in [0.15, 0.2) is 11.0 Å². The van der Waals surface area contributed by atoms with Crippen LogP contribution >= 0.6 is 11.8 Å². The number of halogens is 3. The van der Waals surface area contributed by atoms with Gasteiger partial charge < -0.3 is 4.57 Å². The second-order valence-electron chi connectivity index (χ2n) is 6.29. The first-order valence-electron chi connectivity index (χ1n) is 8.08. The van der Waals surface area contributed by atoms with Crippen molar-refractivity contribution in [2.45, 2.75) is 43.9 Å². The largest absolute Gasteiger partial charge is 0.401 e. The van der Waals surface area contributed by atoms with Gasteiger partial charge in [0.25, 0.3) is 0 Å². The van der Waals surface area contributed by atoms with Gasteiger partial charge in [-0.1, -0.05) is 49.9 Å². The third-order valence-corrected chi connectivity index (χ3v) is 4.58. The van der Waals surface area contributed by atoms with Crippen LogP contribution < -0.4 is 0 Å². The lowest BCUT2D eigenvalue weighted by molar-refractivity contribution is -0.143. The summed E-state index contributed by atoms with van der Waals surface area (Å²) in [6.45, 7) is 5.82. The number of likely N-dealkylation sites (N-methyl/N-ethyl adjacent to an activating group) is 1. The number of hydrogen-bond donors (Lipinski definition) is 0. The van der Waals surface area contributed by atoms with Crippen molar-refractivity contribution in [3.05, 3.63) is 29.8 Å². The van der Waals surface area contributed by atoms with Gasteiger partial charge in [-0.3, -0.25) is 4.90 Å². The Labute approximate surface area is 150 Å². The third kappa shape index (κ3) is 5.74. The van der Waals surface area contributed by atoms with Gasteiger partial charge in [-0.05, 0) is 19.5 Å². The van der Waals surface area contributed by atoms with Crippen LogP contribution in [-0.4, -0.2) is 51.2 Å². The molecule has 0 N–H and O–H groups in total. The Morgan fingerprint density at radius 2 is 1.88 bits per heavy atom. The summed E-state index contributed by atoms with van der Waals surface area (Å²) in [4.78, 5) is 1.27. The fourth-order valence-corrected chi connectivity index (χ4v) is 3.28. The Kier molecular flexibility index (Phi) is 6.51. The molecule has 0 aliphatic rings. The Bertz CT molecular complexity index is 697. The van der Waals surface area contributed by atoms with Crippen molar-refractivity contribution in [1.82, 2.24) is 19.7 Å². The molecule has 25 heavy (non-hydrogen) atoms. The first-order valence-corrected chi connectivity index (χ1v) is 8.96. The van der Waals surface area contributed by atoms with Gasteiger partial charge in [0.1, 0.15) is 0 Å². The van der Waals surface area contributed by atoms with Crippen LogP contribution in [0, 0.1) is 6.92 Å². The van der Waals surface area contributed by atoms with Crippen molar-refractivity contribution in [3.63, 3.8) is 0 Å². The molecule has 1 heterocycles. The number of thioether (sulfide) groups is 1. The summed E-state index contributed by atoms with van der Waals surface area (Å²) in [6.07, 6.45) is -4.20. The van der Waals surface area contributed by atoms with Crippen molar-refractivity contribution >= 4 is 11.8 Å². The molecule has 1 aromatic heterocycles. The normalized spacial score (nSPS) is 12.4. The quantitative estimate of drug-likeness (QED) is 0.681. The van der Waals surface area contributed by atoms with E-state index >= 15 is 0 Å². The number of rotatable bonds is 7. The molecule has 0 atom stereocenters. The van der Waals surface area contributed by atoms with E-state index in [2.05, 4.69) is 10.2 Å². The molecule has 0 radical (unpaired) electrons. The highest BCUT2D eigenvalue weighted by molar-refractivity contribution is 7.99. The third-order valence-electron chi connectivity index (χ3n) is 3.60. The van der Waals surface area contributed by atoms with E-state index in [1.54, 1.807) is 11.8 Å². The van der Waals surface area contributed by atoms with Crippen molar-refractivity contribution < 1.29 is 13.2 Å². The van der Waals surface area contributed by atoms with Crippen molar-refractivity contribution in [1.29, 1.82) is 0 Å². The Morgan fingerprint density at radius 1 is 1.20 bits per heavy atom. The molecular weight excluding hydrogens is 349 g/mol. The van der Waals surface area contributed by atoms with Crippen LogP contribution in [0.1, 0.15) is 19.4 Å². The van der Waals surface area contributed by atoms with Crippen molar-refractivity contribution in [3.8, 4) is 11.4 Å². The first kappa shape index (κ1) is 19.8. The van der Waals surface area contributed by atoms with Gasteiger partial charge in [0.2, 0.25) is 0 Å². The smallest absolute Gasteiger partial charge is 0.301 e. The maximum atomic E-state index is 12.5. The van der Waals surface area contributed by atoms with Crippen LogP contribution in [-0.2, 0) is 6.54 Å². The fourth-order valence-electron chi connectivity index (χ4n) is 2.47. The lowest BCUT2D eigenvalue weighted by Crippen LogP contribution is -2.33. The van der Waals surface area contributed by atoms with Crippen LogP contribution in [0.2, 0.25) is 0 Å². The summed E-state index contributed by atoms with van der Waals surface area (Å²) >= 11 is 1.56. The van der Waals surface area contributed by atoms with E-state index in [0.29, 0.717) is 17.6 Å². The predicted octanol–water partition coefficient (Wildman–Crippen LogP) is 4.25. The van der Waals surface area contributed by atoms with E-state index in [0.717, 1.165) is 16.3 Å². The average Bonchev–Trinajstić information content (AvgIpc) is 2.85. The van der Waals surface area contributed by atoms with Gasteiger partial charge in [0.05, 0.1) is 6.54 Å². The van der Waals surface area contributed by atoms with E-state index in [4.69, 9.17) is 0 Å². The minimum atomic E-state index is -4.20. The summed E-state index contributed by atoms with van der Waals surface area (Å²) in [5.41, 5.74) is 2.00. The molecule has 138 valence electrons. The van der Waals surface area contributed by atoms with Gasteiger partial charge in [-0.25, -0.2) is 0 Å². The Hall–Kier alpha value is -1.54. The van der Waals surface area contributed by atoms with Crippen molar-refractivity contribution in [2.24, 2.45) is 0 Å². The van der Waals surface area contributed by atoms with Gasteiger partial charge in [0, 0.05) is 23.9 Å².